The number of rotatable bonds is 3. The fraction of sp³-hybridized carbons (Fsp3) is 0.300. The van der Waals surface area contributed by atoms with E-state index in [2.05, 4.69) is 27.7 Å². The maximum Gasteiger partial charge on any atom is 0.255 e. The average molecular weight is 367 g/mol. The molecular formula is C20H21N3O2S. The molecule has 0 aromatic heterocycles. The summed E-state index contributed by atoms with van der Waals surface area (Å²) < 4.78 is 0. The number of hydrogen-bond acceptors (Lipinski definition) is 4. The Bertz CT molecular complexity index is 875. The Balaban J connectivity index is 1.51. The Kier molecular flexibility index (Phi) is 4.59. The minimum absolute atomic E-state index is 0.0339. The number of fused-ring (bicyclic) bond motifs is 1. The molecule has 26 heavy (non-hydrogen) atoms. The molecule has 0 unspecified atom stereocenters. The predicted octanol–water partition coefficient (Wildman–Crippen LogP) is 3.89. The largest absolute Gasteiger partial charge is 0.372 e. The highest BCUT2D eigenvalue weighted by Gasteiger charge is 2.18. The van der Waals surface area contributed by atoms with Crippen molar-refractivity contribution in [2.24, 2.45) is 0 Å². The van der Waals surface area contributed by atoms with Crippen LogP contribution in [0, 0.1) is 6.92 Å². The molecule has 0 saturated carbocycles. The Morgan fingerprint density at radius 1 is 1.15 bits per heavy atom. The molecule has 2 aliphatic rings. The van der Waals surface area contributed by atoms with Gasteiger partial charge in [-0.25, -0.2) is 0 Å². The molecule has 0 spiro atoms. The van der Waals surface area contributed by atoms with Gasteiger partial charge in [-0.1, -0.05) is 0 Å². The van der Waals surface area contributed by atoms with Crippen LogP contribution in [-0.4, -0.2) is 30.7 Å². The van der Waals surface area contributed by atoms with E-state index in [1.807, 2.05) is 19.1 Å². The van der Waals surface area contributed by atoms with Crippen molar-refractivity contribution < 1.29 is 9.59 Å². The average Bonchev–Trinajstić information content (AvgIpc) is 3.17. The highest BCUT2D eigenvalue weighted by atomic mass is 32.2. The smallest absolute Gasteiger partial charge is 0.255 e. The van der Waals surface area contributed by atoms with Crippen molar-refractivity contribution in [3.8, 4) is 0 Å². The standard InChI is InChI=1S/C20H21N3O2S/c1-13-10-15(23-8-2-3-9-23)5-6-16(13)22-20(25)14-4-7-18-17(11-14)21-19(24)12-26-18/h4-7,10-11H,2-3,8-9,12H2,1H3,(H,21,24)(H,22,25). The van der Waals surface area contributed by atoms with E-state index < -0.39 is 0 Å². The van der Waals surface area contributed by atoms with E-state index in [-0.39, 0.29) is 11.8 Å². The molecule has 2 amide bonds. The van der Waals surface area contributed by atoms with E-state index in [0.717, 1.165) is 29.2 Å². The first-order valence-corrected chi connectivity index (χ1v) is 9.82. The predicted molar refractivity (Wildman–Crippen MR) is 106 cm³/mol. The van der Waals surface area contributed by atoms with Crippen molar-refractivity contribution >= 4 is 40.6 Å². The van der Waals surface area contributed by atoms with E-state index in [1.54, 1.807) is 12.1 Å². The molecule has 0 aliphatic carbocycles. The molecule has 1 saturated heterocycles. The molecule has 2 aromatic carbocycles. The van der Waals surface area contributed by atoms with Crippen LogP contribution in [0.15, 0.2) is 41.3 Å². The lowest BCUT2D eigenvalue weighted by Crippen LogP contribution is -2.20. The van der Waals surface area contributed by atoms with Gasteiger partial charge < -0.3 is 15.5 Å². The number of nitrogens with zero attached hydrogens (tertiary/aromatic N) is 1. The summed E-state index contributed by atoms with van der Waals surface area (Å²) in [7, 11) is 0. The monoisotopic (exact) mass is 367 g/mol. The normalized spacial score (nSPS) is 16.2. The first kappa shape index (κ1) is 17.0. The summed E-state index contributed by atoms with van der Waals surface area (Å²) in [5, 5.41) is 5.81. The number of nitrogens with one attached hydrogen (secondary N) is 2. The summed E-state index contributed by atoms with van der Waals surface area (Å²) >= 11 is 1.49. The molecule has 2 heterocycles. The van der Waals surface area contributed by atoms with Crippen LogP contribution < -0.4 is 15.5 Å². The van der Waals surface area contributed by atoms with E-state index in [9.17, 15) is 9.59 Å². The number of aryl methyl sites for hydroxylation is 1. The molecule has 4 rings (SSSR count). The third kappa shape index (κ3) is 3.42. The van der Waals surface area contributed by atoms with E-state index in [4.69, 9.17) is 0 Å². The quantitative estimate of drug-likeness (QED) is 0.864. The van der Waals surface area contributed by atoms with Gasteiger partial charge in [-0.2, -0.15) is 0 Å². The van der Waals surface area contributed by atoms with Crippen molar-refractivity contribution in [3.05, 3.63) is 47.5 Å². The molecule has 2 aliphatic heterocycles. The highest BCUT2D eigenvalue weighted by molar-refractivity contribution is 8.00. The first-order valence-electron chi connectivity index (χ1n) is 8.84. The first-order chi connectivity index (χ1) is 12.6. The number of carbonyl (C=O) groups excluding carboxylic acids is 2. The molecule has 0 bridgehead atoms. The zero-order valence-corrected chi connectivity index (χ0v) is 15.5. The van der Waals surface area contributed by atoms with Gasteiger partial charge in [0.1, 0.15) is 0 Å². The molecule has 2 aromatic rings. The van der Waals surface area contributed by atoms with Crippen molar-refractivity contribution in [1.82, 2.24) is 0 Å². The van der Waals surface area contributed by atoms with Crippen LogP contribution in [0.1, 0.15) is 28.8 Å². The molecule has 0 atom stereocenters. The van der Waals surface area contributed by atoms with Crippen LogP contribution >= 0.6 is 11.8 Å². The van der Waals surface area contributed by atoms with Gasteiger partial charge in [-0.15, -0.1) is 11.8 Å². The number of carbonyl (C=O) groups is 2. The zero-order valence-electron chi connectivity index (χ0n) is 14.7. The number of amides is 2. The topological polar surface area (TPSA) is 61.4 Å². The summed E-state index contributed by atoms with van der Waals surface area (Å²) in [5.74, 6) is 0.212. The van der Waals surface area contributed by atoms with Crippen LogP contribution in [0.2, 0.25) is 0 Å². The van der Waals surface area contributed by atoms with Crippen molar-refractivity contribution in [1.29, 1.82) is 0 Å². The van der Waals surface area contributed by atoms with Gasteiger partial charge in [-0.3, -0.25) is 9.59 Å². The number of hydrogen-bond donors (Lipinski definition) is 2. The Morgan fingerprint density at radius 2 is 1.96 bits per heavy atom. The van der Waals surface area contributed by atoms with Crippen LogP contribution in [0.4, 0.5) is 17.1 Å². The van der Waals surface area contributed by atoms with Gasteiger partial charge in [0.15, 0.2) is 0 Å². The second-order valence-electron chi connectivity index (χ2n) is 6.70. The summed E-state index contributed by atoms with van der Waals surface area (Å²) in [4.78, 5) is 27.6. The maximum atomic E-state index is 12.6. The van der Waals surface area contributed by atoms with E-state index in [1.165, 1.54) is 30.3 Å². The third-order valence-electron chi connectivity index (χ3n) is 4.80. The summed E-state index contributed by atoms with van der Waals surface area (Å²) in [5.41, 5.74) is 4.32. The van der Waals surface area contributed by atoms with Crippen molar-refractivity contribution in [2.75, 3.05) is 34.4 Å². The number of thioether (sulfide) groups is 1. The minimum atomic E-state index is -0.172. The Labute approximate surface area is 157 Å². The molecule has 0 radical (unpaired) electrons. The lowest BCUT2D eigenvalue weighted by atomic mass is 10.1. The van der Waals surface area contributed by atoms with Gasteiger partial charge in [0.25, 0.3) is 5.91 Å². The lowest BCUT2D eigenvalue weighted by molar-refractivity contribution is -0.113. The lowest BCUT2D eigenvalue weighted by Gasteiger charge is -2.20. The Hall–Kier alpha value is -2.47. The van der Waals surface area contributed by atoms with Gasteiger partial charge in [0, 0.05) is 34.9 Å². The van der Waals surface area contributed by atoms with Crippen molar-refractivity contribution in [3.63, 3.8) is 0 Å². The molecule has 134 valence electrons. The fourth-order valence-electron chi connectivity index (χ4n) is 3.38. The molecular weight excluding hydrogens is 346 g/mol. The summed E-state index contributed by atoms with van der Waals surface area (Å²) in [6.45, 7) is 4.22. The third-order valence-corrected chi connectivity index (χ3v) is 5.88. The second kappa shape index (κ2) is 7.03. The highest BCUT2D eigenvalue weighted by Crippen LogP contribution is 2.32. The Morgan fingerprint density at radius 3 is 2.73 bits per heavy atom. The van der Waals surface area contributed by atoms with E-state index >= 15 is 0 Å². The number of benzene rings is 2. The summed E-state index contributed by atoms with van der Waals surface area (Å²) in [6.07, 6.45) is 2.48. The molecule has 2 N–H and O–H groups in total. The maximum absolute atomic E-state index is 12.6. The summed E-state index contributed by atoms with van der Waals surface area (Å²) in [6, 6.07) is 11.6. The molecule has 6 heteroatoms. The zero-order chi connectivity index (χ0) is 18.1. The van der Waals surface area contributed by atoms with Crippen LogP contribution in [0.5, 0.6) is 0 Å². The van der Waals surface area contributed by atoms with Crippen LogP contribution in [0.3, 0.4) is 0 Å². The van der Waals surface area contributed by atoms with Crippen LogP contribution in [-0.2, 0) is 4.79 Å². The van der Waals surface area contributed by atoms with Crippen LogP contribution in [0.25, 0.3) is 0 Å². The number of anilines is 3. The van der Waals surface area contributed by atoms with Gasteiger partial charge in [-0.05, 0) is 61.7 Å². The fourth-order valence-corrected chi connectivity index (χ4v) is 4.17. The van der Waals surface area contributed by atoms with Crippen molar-refractivity contribution in [2.45, 2.75) is 24.7 Å². The van der Waals surface area contributed by atoms with Gasteiger partial charge >= 0.3 is 0 Å². The van der Waals surface area contributed by atoms with Gasteiger partial charge in [0.2, 0.25) is 5.91 Å². The van der Waals surface area contributed by atoms with Gasteiger partial charge in [0.05, 0.1) is 11.4 Å². The minimum Gasteiger partial charge on any atom is -0.372 e. The van der Waals surface area contributed by atoms with E-state index in [0.29, 0.717) is 17.0 Å². The second-order valence-corrected chi connectivity index (χ2v) is 7.71. The molecule has 1 fully saturated rings. The SMILES string of the molecule is Cc1cc(N2CCCC2)ccc1NC(=O)c1ccc2c(c1)NC(=O)CS2. The molecule has 5 nitrogen and oxygen atoms in total.